The minimum Gasteiger partial charge on any atom is -0.491 e. The van der Waals surface area contributed by atoms with E-state index in [1.807, 2.05) is 0 Å². The van der Waals surface area contributed by atoms with Gasteiger partial charge in [0, 0.05) is 17.7 Å². The molecule has 0 radical (unpaired) electrons. The summed E-state index contributed by atoms with van der Waals surface area (Å²) in [6.07, 6.45) is 1.92. The largest absolute Gasteiger partial charge is 0.491 e. The number of nitrogens with zero attached hydrogens (tertiary/aromatic N) is 1. The van der Waals surface area contributed by atoms with E-state index in [2.05, 4.69) is 24.3 Å². The molecule has 0 unspecified atom stereocenters. The molecule has 6 nitrogen and oxygen atoms in total. The number of carbonyl (C=O) groups excluding carboxylic acids is 1. The van der Waals surface area contributed by atoms with E-state index in [-0.39, 0.29) is 24.9 Å². The van der Waals surface area contributed by atoms with Crippen LogP contribution in [-0.4, -0.2) is 29.4 Å². The lowest BCUT2D eigenvalue weighted by atomic mass is 9.99. The maximum Gasteiger partial charge on any atom is 0.294 e. The average Bonchev–Trinajstić information content (AvgIpc) is 3.05. The van der Waals surface area contributed by atoms with Crippen LogP contribution in [0.3, 0.4) is 0 Å². The molecule has 23 heavy (non-hydrogen) atoms. The summed E-state index contributed by atoms with van der Waals surface area (Å²) in [6.45, 7) is 4.37. The molecule has 2 N–H and O–H groups in total. The van der Waals surface area contributed by atoms with Crippen molar-refractivity contribution in [2.45, 2.75) is 32.6 Å². The summed E-state index contributed by atoms with van der Waals surface area (Å²) in [4.78, 5) is 12.2. The number of hydrogen-bond donors (Lipinski definition) is 2. The van der Waals surface area contributed by atoms with Gasteiger partial charge < -0.3 is 19.7 Å². The lowest BCUT2D eigenvalue weighted by molar-refractivity contribution is 0.0987. The Hall–Kier alpha value is -2.34. The van der Waals surface area contributed by atoms with Gasteiger partial charge in [0.05, 0.1) is 12.3 Å². The van der Waals surface area contributed by atoms with Crippen LogP contribution in [0.25, 0.3) is 0 Å². The van der Waals surface area contributed by atoms with Crippen LogP contribution >= 0.6 is 0 Å². The molecular formula is C17H22N2O4. The minimum atomic E-state index is -0.335. The second-order valence-electron chi connectivity index (χ2n) is 5.18. The molecule has 0 saturated carbocycles. The topological polar surface area (TPSA) is 84.6 Å². The molecule has 0 fully saturated rings. The molecule has 124 valence electrons. The van der Waals surface area contributed by atoms with Gasteiger partial charge in [0.1, 0.15) is 12.4 Å². The Labute approximate surface area is 135 Å². The fourth-order valence-corrected chi connectivity index (χ4v) is 2.29. The monoisotopic (exact) mass is 318 g/mol. The summed E-state index contributed by atoms with van der Waals surface area (Å²) < 4.78 is 10.4. The third-order valence-electron chi connectivity index (χ3n) is 3.63. The van der Waals surface area contributed by atoms with Gasteiger partial charge in [-0.25, -0.2) is 0 Å². The minimum absolute atomic E-state index is 0.0389. The van der Waals surface area contributed by atoms with Gasteiger partial charge in [-0.3, -0.25) is 4.79 Å². The van der Waals surface area contributed by atoms with Crippen molar-refractivity contribution >= 4 is 11.6 Å². The molecule has 0 aliphatic heterocycles. The fourth-order valence-electron chi connectivity index (χ4n) is 2.29. The van der Waals surface area contributed by atoms with Crippen LogP contribution < -0.4 is 10.1 Å². The van der Waals surface area contributed by atoms with E-state index in [0.717, 1.165) is 18.5 Å². The third-order valence-corrected chi connectivity index (χ3v) is 3.63. The Bertz CT molecular complexity index is 618. The van der Waals surface area contributed by atoms with E-state index in [4.69, 9.17) is 14.4 Å². The lowest BCUT2D eigenvalue weighted by Crippen LogP contribution is -2.11. The zero-order chi connectivity index (χ0) is 16.7. The smallest absolute Gasteiger partial charge is 0.294 e. The van der Waals surface area contributed by atoms with Gasteiger partial charge in [-0.05, 0) is 37.1 Å². The molecule has 1 aromatic carbocycles. The zero-order valence-electron chi connectivity index (χ0n) is 13.4. The van der Waals surface area contributed by atoms with Crippen LogP contribution in [0.15, 0.2) is 34.9 Å². The van der Waals surface area contributed by atoms with Gasteiger partial charge in [0.2, 0.25) is 5.76 Å². The number of amides is 1. The first-order chi connectivity index (χ1) is 11.2. The van der Waals surface area contributed by atoms with Crippen molar-refractivity contribution in [3.05, 3.63) is 41.8 Å². The highest BCUT2D eigenvalue weighted by Crippen LogP contribution is 2.23. The number of aliphatic hydroxyl groups is 1. The normalized spacial score (nSPS) is 10.8. The van der Waals surface area contributed by atoms with Crippen molar-refractivity contribution in [3.8, 4) is 5.75 Å². The number of benzene rings is 1. The number of ether oxygens (including phenoxy) is 1. The molecular weight excluding hydrogens is 296 g/mol. The Morgan fingerprint density at radius 2 is 2.00 bits per heavy atom. The lowest BCUT2D eigenvalue weighted by Gasteiger charge is -2.06. The van der Waals surface area contributed by atoms with Gasteiger partial charge in [-0.2, -0.15) is 0 Å². The second-order valence-corrected chi connectivity index (χ2v) is 5.18. The third kappa shape index (κ3) is 4.56. The summed E-state index contributed by atoms with van der Waals surface area (Å²) in [6, 6.07) is 8.60. The molecule has 1 amide bonds. The van der Waals surface area contributed by atoms with Crippen molar-refractivity contribution in [1.82, 2.24) is 5.16 Å². The summed E-state index contributed by atoms with van der Waals surface area (Å²) in [7, 11) is 0. The van der Waals surface area contributed by atoms with Gasteiger partial charge >= 0.3 is 0 Å². The summed E-state index contributed by atoms with van der Waals surface area (Å²) >= 11 is 0. The Morgan fingerprint density at radius 1 is 1.30 bits per heavy atom. The maximum absolute atomic E-state index is 12.2. The molecule has 0 saturated heterocycles. The SMILES string of the molecule is CCC(CC)c1cc(C(=O)Nc2ccc(OCCO)cc2)on1. The highest BCUT2D eigenvalue weighted by molar-refractivity contribution is 6.02. The number of aliphatic hydroxyl groups excluding tert-OH is 1. The first-order valence-electron chi connectivity index (χ1n) is 7.79. The Balaban J connectivity index is 1.98. The molecule has 2 rings (SSSR count). The average molecular weight is 318 g/mol. The van der Waals surface area contributed by atoms with Crippen LogP contribution in [0.2, 0.25) is 0 Å². The van der Waals surface area contributed by atoms with Crippen molar-refractivity contribution in [1.29, 1.82) is 0 Å². The van der Waals surface area contributed by atoms with Crippen LogP contribution in [0, 0.1) is 0 Å². The van der Waals surface area contributed by atoms with Crippen molar-refractivity contribution in [2.75, 3.05) is 18.5 Å². The molecule has 1 aromatic heterocycles. The molecule has 0 atom stereocenters. The molecule has 2 aromatic rings. The van der Waals surface area contributed by atoms with Gasteiger partial charge in [-0.1, -0.05) is 19.0 Å². The van der Waals surface area contributed by atoms with Crippen molar-refractivity contribution in [2.24, 2.45) is 0 Å². The Kier molecular flexibility index (Phi) is 6.17. The molecule has 0 bridgehead atoms. The predicted octanol–water partition coefficient (Wildman–Crippen LogP) is 3.20. The van der Waals surface area contributed by atoms with Crippen LogP contribution in [0.1, 0.15) is 48.9 Å². The van der Waals surface area contributed by atoms with Crippen LogP contribution in [-0.2, 0) is 0 Å². The first-order valence-corrected chi connectivity index (χ1v) is 7.79. The highest BCUT2D eigenvalue weighted by atomic mass is 16.5. The van der Waals surface area contributed by atoms with E-state index in [0.29, 0.717) is 17.4 Å². The summed E-state index contributed by atoms with van der Waals surface area (Å²) in [5.41, 5.74) is 1.44. The number of nitrogens with one attached hydrogen (secondary N) is 1. The summed E-state index contributed by atoms with van der Waals surface area (Å²) in [5.74, 6) is 0.808. The number of rotatable bonds is 8. The highest BCUT2D eigenvalue weighted by Gasteiger charge is 2.17. The molecule has 0 aliphatic carbocycles. The van der Waals surface area contributed by atoms with Gasteiger partial charge in [0.15, 0.2) is 0 Å². The van der Waals surface area contributed by atoms with E-state index < -0.39 is 0 Å². The van der Waals surface area contributed by atoms with Crippen LogP contribution in [0.5, 0.6) is 5.75 Å². The number of aromatic nitrogens is 1. The van der Waals surface area contributed by atoms with Gasteiger partial charge in [0.25, 0.3) is 5.91 Å². The van der Waals surface area contributed by atoms with E-state index >= 15 is 0 Å². The molecule has 0 aliphatic rings. The molecule has 1 heterocycles. The number of anilines is 1. The number of carbonyl (C=O) groups is 1. The van der Waals surface area contributed by atoms with Crippen LogP contribution in [0.4, 0.5) is 5.69 Å². The van der Waals surface area contributed by atoms with Crippen molar-refractivity contribution in [3.63, 3.8) is 0 Å². The predicted molar refractivity (Wildman–Crippen MR) is 86.8 cm³/mol. The quantitative estimate of drug-likeness (QED) is 0.781. The summed E-state index contributed by atoms with van der Waals surface area (Å²) in [5, 5.41) is 15.4. The van der Waals surface area contributed by atoms with Gasteiger partial charge in [-0.15, -0.1) is 0 Å². The first kappa shape index (κ1) is 17.0. The fraction of sp³-hybridized carbons (Fsp3) is 0.412. The van der Waals surface area contributed by atoms with E-state index in [1.165, 1.54) is 0 Å². The van der Waals surface area contributed by atoms with E-state index in [9.17, 15) is 4.79 Å². The zero-order valence-corrected chi connectivity index (χ0v) is 13.4. The number of hydrogen-bond acceptors (Lipinski definition) is 5. The standard InChI is InChI=1S/C17H22N2O4/c1-3-12(4-2)15-11-16(23-19-15)17(21)18-13-5-7-14(8-6-13)22-10-9-20/h5-8,11-12,20H,3-4,9-10H2,1-2H3,(H,18,21). The molecule has 6 heteroatoms. The maximum atomic E-state index is 12.2. The molecule has 0 spiro atoms. The second kappa shape index (κ2) is 8.33. The van der Waals surface area contributed by atoms with E-state index in [1.54, 1.807) is 30.3 Å². The Morgan fingerprint density at radius 3 is 2.61 bits per heavy atom. The van der Waals surface area contributed by atoms with Crippen molar-refractivity contribution < 1.29 is 19.2 Å².